The topological polar surface area (TPSA) is 84.5 Å². The summed E-state index contributed by atoms with van der Waals surface area (Å²) in [4.78, 5) is 11.3. The minimum absolute atomic E-state index is 0.141. The third kappa shape index (κ3) is 6.09. The Kier molecular flexibility index (Phi) is 6.55. The molecule has 1 rings (SSSR count). The first kappa shape index (κ1) is 16.7. The molecule has 8 heteroatoms. The average Bonchev–Trinajstić information content (AvgIpc) is 2.26. The second-order valence-electron chi connectivity index (χ2n) is 4.98. The molecule has 1 aliphatic carbocycles. The van der Waals surface area contributed by atoms with Crippen molar-refractivity contribution in [3.8, 4) is 0 Å². The van der Waals surface area contributed by atoms with Gasteiger partial charge >= 0.3 is 16.3 Å². The Morgan fingerprint density at radius 1 is 1.37 bits per heavy atom. The number of carbonyl (C=O) groups is 1. The summed E-state index contributed by atoms with van der Waals surface area (Å²) in [5.41, 5.74) is 0. The maximum Gasteiger partial charge on any atom is 0.422 e. The van der Waals surface area contributed by atoms with Crippen LogP contribution < -0.4 is 9.44 Å². The second-order valence-corrected chi connectivity index (χ2v) is 7.08. The lowest BCUT2D eigenvalue weighted by molar-refractivity contribution is 0.121. The van der Waals surface area contributed by atoms with Crippen LogP contribution >= 0.6 is 15.9 Å². The Labute approximate surface area is 123 Å². The third-order valence-corrected chi connectivity index (χ3v) is 4.85. The van der Waals surface area contributed by atoms with Gasteiger partial charge in [0.25, 0.3) is 0 Å². The van der Waals surface area contributed by atoms with Gasteiger partial charge in [-0.05, 0) is 32.6 Å². The van der Waals surface area contributed by atoms with Crippen LogP contribution in [-0.4, -0.2) is 32.0 Å². The molecular weight excluding hydrogens is 336 g/mol. The minimum atomic E-state index is -3.86. The van der Waals surface area contributed by atoms with Gasteiger partial charge in [-0.25, -0.2) is 9.52 Å². The molecule has 0 spiro atoms. The Balaban J connectivity index is 2.55. The number of halogens is 1. The van der Waals surface area contributed by atoms with Gasteiger partial charge in [-0.1, -0.05) is 28.8 Å². The highest BCUT2D eigenvalue weighted by Crippen LogP contribution is 2.26. The van der Waals surface area contributed by atoms with Crippen molar-refractivity contribution < 1.29 is 17.9 Å². The van der Waals surface area contributed by atoms with E-state index >= 15 is 0 Å². The fourth-order valence-corrected chi connectivity index (χ4v) is 3.93. The first-order valence-electron chi connectivity index (χ1n) is 6.40. The van der Waals surface area contributed by atoms with Crippen LogP contribution in [0.15, 0.2) is 0 Å². The Bertz CT molecular complexity index is 399. The maximum atomic E-state index is 11.8. The molecule has 2 unspecified atom stereocenters. The molecule has 0 aromatic carbocycles. The molecule has 112 valence electrons. The van der Waals surface area contributed by atoms with Crippen molar-refractivity contribution in [3.63, 3.8) is 0 Å². The van der Waals surface area contributed by atoms with Gasteiger partial charge in [-0.3, -0.25) is 0 Å². The molecule has 1 saturated carbocycles. The van der Waals surface area contributed by atoms with Gasteiger partial charge in [0.1, 0.15) is 0 Å². The quantitative estimate of drug-likeness (QED) is 0.736. The van der Waals surface area contributed by atoms with Crippen molar-refractivity contribution in [2.24, 2.45) is 5.92 Å². The lowest BCUT2D eigenvalue weighted by atomic mass is 9.87. The molecule has 19 heavy (non-hydrogen) atoms. The maximum absolute atomic E-state index is 11.8. The van der Waals surface area contributed by atoms with E-state index in [0.29, 0.717) is 0 Å². The van der Waals surface area contributed by atoms with Crippen molar-refractivity contribution in [1.82, 2.24) is 9.44 Å². The van der Waals surface area contributed by atoms with Crippen LogP contribution in [0.5, 0.6) is 0 Å². The molecule has 2 N–H and O–H groups in total. The summed E-state index contributed by atoms with van der Waals surface area (Å²) in [6.07, 6.45) is 2.56. The molecule has 0 aliphatic heterocycles. The molecule has 0 aromatic rings. The molecule has 0 bridgehead atoms. The number of hydrogen-bond donors (Lipinski definition) is 2. The molecule has 0 saturated heterocycles. The van der Waals surface area contributed by atoms with Crippen LogP contribution in [0.2, 0.25) is 0 Å². The number of nitrogens with one attached hydrogen (secondary N) is 2. The van der Waals surface area contributed by atoms with Crippen molar-refractivity contribution >= 4 is 32.2 Å². The van der Waals surface area contributed by atoms with Gasteiger partial charge in [0.2, 0.25) is 0 Å². The third-order valence-electron chi connectivity index (χ3n) is 2.97. The van der Waals surface area contributed by atoms with E-state index in [4.69, 9.17) is 4.74 Å². The molecule has 0 aromatic heterocycles. The summed E-state index contributed by atoms with van der Waals surface area (Å²) in [5.74, 6) is 0.256. The van der Waals surface area contributed by atoms with Crippen LogP contribution in [0.25, 0.3) is 0 Å². The van der Waals surface area contributed by atoms with E-state index in [-0.39, 0.29) is 18.1 Å². The van der Waals surface area contributed by atoms with Gasteiger partial charge in [0.15, 0.2) is 0 Å². The fraction of sp³-hybridized carbons (Fsp3) is 0.909. The summed E-state index contributed by atoms with van der Waals surface area (Å²) in [5, 5.41) is 0.747. The van der Waals surface area contributed by atoms with Crippen LogP contribution in [-0.2, 0) is 14.9 Å². The Morgan fingerprint density at radius 3 is 2.58 bits per heavy atom. The summed E-state index contributed by atoms with van der Waals surface area (Å²) < 4.78 is 32.8. The zero-order valence-electron chi connectivity index (χ0n) is 11.2. The lowest BCUT2D eigenvalue weighted by Gasteiger charge is -2.30. The molecule has 1 aliphatic rings. The Hall–Kier alpha value is -0.340. The summed E-state index contributed by atoms with van der Waals surface area (Å²) in [6, 6.07) is -0.141. The second kappa shape index (κ2) is 7.44. The van der Waals surface area contributed by atoms with Gasteiger partial charge in [0.05, 0.1) is 6.10 Å². The molecule has 0 radical (unpaired) electrons. The molecule has 1 fully saturated rings. The fourth-order valence-electron chi connectivity index (χ4n) is 2.12. The number of rotatable bonds is 5. The zero-order valence-corrected chi connectivity index (χ0v) is 13.6. The van der Waals surface area contributed by atoms with E-state index < -0.39 is 16.3 Å². The zero-order chi connectivity index (χ0) is 14.5. The SMILES string of the molecule is CC(C)OC(=O)NS(=O)(=O)NC1CCCCC1CBr. The highest BCUT2D eigenvalue weighted by molar-refractivity contribution is 9.09. The predicted molar refractivity (Wildman–Crippen MR) is 76.3 cm³/mol. The van der Waals surface area contributed by atoms with Crippen LogP contribution in [0.1, 0.15) is 39.5 Å². The average molecular weight is 357 g/mol. The van der Waals surface area contributed by atoms with Crippen molar-refractivity contribution in [1.29, 1.82) is 0 Å². The van der Waals surface area contributed by atoms with Crippen LogP contribution in [0.3, 0.4) is 0 Å². The van der Waals surface area contributed by atoms with Crippen LogP contribution in [0, 0.1) is 5.92 Å². The van der Waals surface area contributed by atoms with E-state index in [9.17, 15) is 13.2 Å². The van der Waals surface area contributed by atoms with Crippen molar-refractivity contribution in [3.05, 3.63) is 0 Å². The highest BCUT2D eigenvalue weighted by Gasteiger charge is 2.29. The summed E-state index contributed by atoms with van der Waals surface area (Å²) in [6.45, 7) is 3.31. The highest BCUT2D eigenvalue weighted by atomic mass is 79.9. The normalized spacial score (nSPS) is 24.2. The number of carbonyl (C=O) groups excluding carboxylic acids is 1. The molecule has 1 amide bonds. The number of ether oxygens (including phenoxy) is 1. The van der Waals surface area contributed by atoms with Crippen molar-refractivity contribution in [2.45, 2.75) is 51.7 Å². The first-order valence-corrected chi connectivity index (χ1v) is 9.01. The standard InChI is InChI=1S/C11H21BrN2O4S/c1-8(2)18-11(15)14-19(16,17)13-10-6-4-3-5-9(10)7-12/h8-10,13H,3-7H2,1-2H3,(H,14,15). The summed E-state index contributed by atoms with van der Waals surface area (Å²) >= 11 is 3.40. The van der Waals surface area contributed by atoms with Crippen molar-refractivity contribution in [2.75, 3.05) is 5.33 Å². The summed E-state index contributed by atoms with van der Waals surface area (Å²) in [7, 11) is -3.86. The van der Waals surface area contributed by atoms with E-state index in [0.717, 1.165) is 31.0 Å². The van der Waals surface area contributed by atoms with E-state index in [2.05, 4.69) is 20.7 Å². The smallest absolute Gasteiger partial charge is 0.422 e. The van der Waals surface area contributed by atoms with Gasteiger partial charge in [-0.15, -0.1) is 0 Å². The molecular formula is C11H21BrN2O4S. The number of alkyl halides is 1. The molecule has 2 atom stereocenters. The minimum Gasteiger partial charge on any atom is -0.446 e. The molecule has 6 nitrogen and oxygen atoms in total. The van der Waals surface area contributed by atoms with Gasteiger partial charge in [0, 0.05) is 11.4 Å². The predicted octanol–water partition coefficient (Wildman–Crippen LogP) is 1.91. The number of amides is 1. The molecule has 0 heterocycles. The lowest BCUT2D eigenvalue weighted by Crippen LogP contribution is -2.49. The van der Waals surface area contributed by atoms with Gasteiger partial charge < -0.3 is 4.74 Å². The Morgan fingerprint density at radius 2 is 2.00 bits per heavy atom. The largest absolute Gasteiger partial charge is 0.446 e. The first-order chi connectivity index (χ1) is 8.84. The van der Waals surface area contributed by atoms with E-state index in [1.54, 1.807) is 13.8 Å². The van der Waals surface area contributed by atoms with Gasteiger partial charge in [-0.2, -0.15) is 13.1 Å². The number of hydrogen-bond acceptors (Lipinski definition) is 4. The van der Waals surface area contributed by atoms with E-state index in [1.807, 2.05) is 4.72 Å². The van der Waals surface area contributed by atoms with E-state index in [1.165, 1.54) is 0 Å². The van der Waals surface area contributed by atoms with Crippen LogP contribution in [0.4, 0.5) is 4.79 Å². The monoisotopic (exact) mass is 356 g/mol.